The van der Waals surface area contributed by atoms with Gasteiger partial charge in [0.25, 0.3) is 15.7 Å². The van der Waals surface area contributed by atoms with Gasteiger partial charge in [-0.15, -0.1) is 0 Å². The van der Waals surface area contributed by atoms with E-state index in [1.54, 1.807) is 43.3 Å². The number of amides is 2. The van der Waals surface area contributed by atoms with Crippen LogP contribution >= 0.6 is 11.6 Å². The van der Waals surface area contributed by atoms with Gasteiger partial charge in [-0.3, -0.25) is 24.0 Å². The van der Waals surface area contributed by atoms with E-state index in [1.165, 1.54) is 43.2 Å². The molecule has 3 aromatic carbocycles. The lowest BCUT2D eigenvalue weighted by molar-refractivity contribution is -0.385. The summed E-state index contributed by atoms with van der Waals surface area (Å²) in [7, 11) is -3.03. The number of hydrogen-bond donors (Lipinski definition) is 1. The first-order valence-electron chi connectivity index (χ1n) is 14.2. The fraction of sp³-hybridized carbons (Fsp3) is 0.355. The van der Waals surface area contributed by atoms with Crippen molar-refractivity contribution < 1.29 is 27.7 Å². The van der Waals surface area contributed by atoms with Crippen molar-refractivity contribution >= 4 is 44.8 Å². The maximum atomic E-state index is 14.1. The summed E-state index contributed by atoms with van der Waals surface area (Å²) in [5.74, 6) is -0.521. The van der Waals surface area contributed by atoms with Gasteiger partial charge in [-0.1, -0.05) is 42.6 Å². The number of carbonyl (C=O) groups is 2. The van der Waals surface area contributed by atoms with Gasteiger partial charge in [0, 0.05) is 29.2 Å². The van der Waals surface area contributed by atoms with Crippen molar-refractivity contribution in [1.82, 2.24) is 10.2 Å². The number of carbonyl (C=O) groups excluding carboxylic acids is 2. The van der Waals surface area contributed by atoms with E-state index in [9.17, 15) is 28.1 Å². The second kappa shape index (κ2) is 14.1. The Morgan fingerprint density at radius 3 is 2.30 bits per heavy atom. The molecule has 11 nitrogen and oxygen atoms in total. The van der Waals surface area contributed by atoms with Crippen molar-refractivity contribution in [2.45, 2.75) is 63.1 Å². The molecule has 0 radical (unpaired) electrons. The highest BCUT2D eigenvalue weighted by atomic mass is 35.5. The largest absolute Gasteiger partial charge is 0.497 e. The third-order valence-corrected chi connectivity index (χ3v) is 9.76. The average molecular weight is 643 g/mol. The minimum absolute atomic E-state index is 0.0156. The van der Waals surface area contributed by atoms with Crippen LogP contribution in [0.1, 0.15) is 43.7 Å². The van der Waals surface area contributed by atoms with Gasteiger partial charge < -0.3 is 15.0 Å². The van der Waals surface area contributed by atoms with Gasteiger partial charge in [0.2, 0.25) is 11.8 Å². The number of nitro benzene ring substituents is 1. The third-order valence-electron chi connectivity index (χ3n) is 7.74. The minimum atomic E-state index is -4.50. The molecule has 0 aromatic heterocycles. The molecular formula is C31H35ClN4O7S. The van der Waals surface area contributed by atoms with E-state index in [4.69, 9.17) is 16.3 Å². The van der Waals surface area contributed by atoms with Crippen LogP contribution in [0.15, 0.2) is 71.6 Å². The summed E-state index contributed by atoms with van der Waals surface area (Å²) < 4.78 is 34.2. The van der Waals surface area contributed by atoms with Crippen LogP contribution in [-0.2, 0) is 26.2 Å². The zero-order valence-corrected chi connectivity index (χ0v) is 26.3. The second-order valence-electron chi connectivity index (χ2n) is 10.7. The van der Waals surface area contributed by atoms with E-state index in [0.717, 1.165) is 36.1 Å². The van der Waals surface area contributed by atoms with Gasteiger partial charge in [0.05, 0.1) is 22.6 Å². The lowest BCUT2D eigenvalue weighted by Crippen LogP contribution is -2.52. The summed E-state index contributed by atoms with van der Waals surface area (Å²) in [6.07, 6.45) is 3.74. The Kier molecular flexibility index (Phi) is 10.5. The number of nitrogens with zero attached hydrogens (tertiary/aromatic N) is 3. The Morgan fingerprint density at radius 2 is 1.70 bits per heavy atom. The Bertz CT molecular complexity index is 1610. The van der Waals surface area contributed by atoms with Crippen molar-refractivity contribution in [3.05, 3.63) is 93.0 Å². The Labute approximate surface area is 262 Å². The minimum Gasteiger partial charge on any atom is -0.497 e. The summed E-state index contributed by atoms with van der Waals surface area (Å²) >= 11 is 6.06. The van der Waals surface area contributed by atoms with E-state index in [2.05, 4.69) is 5.32 Å². The number of hydrogen-bond acceptors (Lipinski definition) is 7. The molecule has 1 N–H and O–H groups in total. The first-order valence-corrected chi connectivity index (χ1v) is 16.0. The van der Waals surface area contributed by atoms with Crippen LogP contribution in [0.4, 0.5) is 11.4 Å². The SMILES string of the molecule is COc1ccc(N(CC(=O)N(Cc2ccc(Cl)cc2)[C@@H](C)C(=O)NC2CCCC2)S(=O)(=O)c2ccc(C)c([N+](=O)[O-])c2)cc1. The summed E-state index contributed by atoms with van der Waals surface area (Å²) in [4.78, 5) is 39.4. The highest BCUT2D eigenvalue weighted by molar-refractivity contribution is 7.92. The molecule has 0 bridgehead atoms. The van der Waals surface area contributed by atoms with Crippen molar-refractivity contribution in [3.63, 3.8) is 0 Å². The normalized spacial score (nSPS) is 14.1. The number of halogens is 1. The third kappa shape index (κ3) is 7.67. The van der Waals surface area contributed by atoms with Crippen molar-refractivity contribution in [3.8, 4) is 5.75 Å². The highest BCUT2D eigenvalue weighted by Crippen LogP contribution is 2.30. The molecule has 1 aliphatic carbocycles. The number of rotatable bonds is 12. The molecule has 0 unspecified atom stereocenters. The van der Waals surface area contributed by atoms with Crippen molar-refractivity contribution in [2.75, 3.05) is 18.0 Å². The van der Waals surface area contributed by atoms with Gasteiger partial charge in [0.15, 0.2) is 0 Å². The monoisotopic (exact) mass is 642 g/mol. The predicted octanol–water partition coefficient (Wildman–Crippen LogP) is 5.24. The molecule has 1 atom stereocenters. The van der Waals surface area contributed by atoms with Crippen LogP contribution in [0.5, 0.6) is 5.75 Å². The second-order valence-corrected chi connectivity index (χ2v) is 13.0. The summed E-state index contributed by atoms with van der Waals surface area (Å²) in [6.45, 7) is 2.45. The van der Waals surface area contributed by atoms with Crippen molar-refractivity contribution in [1.29, 1.82) is 0 Å². The lowest BCUT2D eigenvalue weighted by Gasteiger charge is -2.32. The maximum absolute atomic E-state index is 14.1. The highest BCUT2D eigenvalue weighted by Gasteiger charge is 2.34. The molecular weight excluding hydrogens is 608 g/mol. The predicted molar refractivity (Wildman–Crippen MR) is 167 cm³/mol. The molecule has 234 valence electrons. The van der Waals surface area contributed by atoms with Gasteiger partial charge in [-0.05, 0) is 74.7 Å². The standard InChI is InChI=1S/C31H35ClN4O7S/c1-21-8-17-28(18-29(21)36(39)40)44(41,42)35(26-13-15-27(43-3)16-14-26)20-30(37)34(19-23-9-11-24(32)12-10-23)22(2)31(38)33-25-6-4-5-7-25/h8-18,22,25H,4-7,19-20H2,1-3H3,(H,33,38)/t22-/m0/s1. The molecule has 13 heteroatoms. The first-order chi connectivity index (χ1) is 20.9. The molecule has 1 saturated carbocycles. The summed E-state index contributed by atoms with van der Waals surface area (Å²) in [5, 5.41) is 15.1. The van der Waals surface area contributed by atoms with Crippen LogP contribution in [0, 0.1) is 17.0 Å². The molecule has 44 heavy (non-hydrogen) atoms. The molecule has 4 rings (SSSR count). The van der Waals surface area contributed by atoms with Crippen LogP contribution in [0.25, 0.3) is 0 Å². The molecule has 0 saturated heterocycles. The van der Waals surface area contributed by atoms with Gasteiger partial charge in [0.1, 0.15) is 18.3 Å². The number of anilines is 1. The Hall–Kier alpha value is -4.16. The number of nitrogens with one attached hydrogen (secondary N) is 1. The van der Waals surface area contributed by atoms with E-state index >= 15 is 0 Å². The first kappa shape index (κ1) is 32.7. The summed E-state index contributed by atoms with van der Waals surface area (Å²) in [6, 6.07) is 15.5. The number of methoxy groups -OCH3 is 1. The molecule has 2 amide bonds. The topological polar surface area (TPSA) is 139 Å². The number of aryl methyl sites for hydroxylation is 1. The van der Waals surface area contributed by atoms with E-state index in [0.29, 0.717) is 16.3 Å². The van der Waals surface area contributed by atoms with Crippen LogP contribution in [-0.4, -0.2) is 55.8 Å². The number of nitro groups is 1. The molecule has 0 aliphatic heterocycles. The Balaban J connectivity index is 1.73. The zero-order valence-electron chi connectivity index (χ0n) is 24.7. The Morgan fingerprint density at radius 1 is 1.07 bits per heavy atom. The lowest BCUT2D eigenvalue weighted by atomic mass is 10.1. The fourth-order valence-electron chi connectivity index (χ4n) is 5.11. The molecule has 0 spiro atoms. The average Bonchev–Trinajstić information content (AvgIpc) is 3.52. The molecule has 3 aromatic rings. The maximum Gasteiger partial charge on any atom is 0.273 e. The smallest absolute Gasteiger partial charge is 0.273 e. The number of sulfonamides is 1. The molecule has 1 fully saturated rings. The quantitative estimate of drug-likeness (QED) is 0.211. The fourth-order valence-corrected chi connectivity index (χ4v) is 6.67. The van der Waals surface area contributed by atoms with E-state index < -0.39 is 33.4 Å². The molecule has 1 aliphatic rings. The number of ether oxygens (including phenoxy) is 1. The van der Waals surface area contributed by atoms with Gasteiger partial charge >= 0.3 is 0 Å². The zero-order chi connectivity index (χ0) is 32.0. The van der Waals surface area contributed by atoms with Crippen LogP contribution < -0.4 is 14.4 Å². The van der Waals surface area contributed by atoms with Crippen LogP contribution in [0.2, 0.25) is 5.02 Å². The number of benzene rings is 3. The van der Waals surface area contributed by atoms with Gasteiger partial charge in [-0.25, -0.2) is 8.42 Å². The van der Waals surface area contributed by atoms with Gasteiger partial charge in [-0.2, -0.15) is 0 Å². The summed E-state index contributed by atoms with van der Waals surface area (Å²) in [5.41, 5.74) is 0.749. The van der Waals surface area contributed by atoms with Crippen LogP contribution in [0.3, 0.4) is 0 Å². The van der Waals surface area contributed by atoms with E-state index in [-0.39, 0.29) is 40.3 Å². The van der Waals surface area contributed by atoms with E-state index in [1.807, 2.05) is 0 Å². The van der Waals surface area contributed by atoms with Crippen molar-refractivity contribution in [2.24, 2.45) is 0 Å². The molecule has 0 heterocycles.